The van der Waals surface area contributed by atoms with Gasteiger partial charge in [-0.2, -0.15) is 0 Å². The molecule has 0 fully saturated rings. The summed E-state index contributed by atoms with van der Waals surface area (Å²) >= 11 is 1.46. The first-order valence-corrected chi connectivity index (χ1v) is 6.96. The van der Waals surface area contributed by atoms with Gasteiger partial charge in [0.25, 0.3) is 0 Å². The van der Waals surface area contributed by atoms with Crippen LogP contribution in [-0.2, 0) is 0 Å². The average Bonchev–Trinajstić information content (AvgIpc) is 2.43. The summed E-state index contributed by atoms with van der Waals surface area (Å²) in [6, 6.07) is 7.48. The SMILES string of the molecule is CC(CO)CSc1c(C(=O)O)cnc2ccccc12. The van der Waals surface area contributed by atoms with E-state index in [0.717, 1.165) is 15.8 Å². The predicted molar refractivity (Wildman–Crippen MR) is 75.7 cm³/mol. The Morgan fingerprint density at radius 1 is 1.42 bits per heavy atom. The number of hydrogen-bond acceptors (Lipinski definition) is 4. The molecule has 0 saturated carbocycles. The Balaban J connectivity index is 2.46. The highest BCUT2D eigenvalue weighted by molar-refractivity contribution is 7.99. The van der Waals surface area contributed by atoms with E-state index in [0.29, 0.717) is 5.75 Å². The molecule has 0 aliphatic carbocycles. The molecule has 2 aromatic rings. The summed E-state index contributed by atoms with van der Waals surface area (Å²) in [6.07, 6.45) is 1.40. The van der Waals surface area contributed by atoms with Crippen LogP contribution in [0.25, 0.3) is 10.9 Å². The molecule has 1 atom stereocenters. The number of aromatic carboxylic acids is 1. The first-order chi connectivity index (χ1) is 9.13. The number of nitrogens with zero attached hydrogens (tertiary/aromatic N) is 1. The summed E-state index contributed by atoms with van der Waals surface area (Å²) in [7, 11) is 0. The van der Waals surface area contributed by atoms with Crippen molar-refractivity contribution in [3.05, 3.63) is 36.0 Å². The number of pyridine rings is 1. The van der Waals surface area contributed by atoms with Gasteiger partial charge in [-0.1, -0.05) is 25.1 Å². The molecule has 100 valence electrons. The van der Waals surface area contributed by atoms with E-state index in [9.17, 15) is 9.90 Å². The molecule has 1 heterocycles. The van der Waals surface area contributed by atoms with E-state index in [1.807, 2.05) is 31.2 Å². The van der Waals surface area contributed by atoms with Crippen LogP contribution in [0, 0.1) is 5.92 Å². The Kier molecular flexibility index (Phi) is 4.39. The standard InChI is InChI=1S/C14H15NO3S/c1-9(7-16)8-19-13-10-4-2-3-5-12(10)15-6-11(13)14(17)18/h2-6,9,16H,7-8H2,1H3,(H,17,18). The van der Waals surface area contributed by atoms with Crippen LogP contribution in [0.15, 0.2) is 35.4 Å². The predicted octanol–water partition coefficient (Wildman–Crippen LogP) is 2.65. The Labute approximate surface area is 115 Å². The smallest absolute Gasteiger partial charge is 0.338 e. The number of carboxylic acid groups (broad SMARTS) is 1. The summed E-state index contributed by atoms with van der Waals surface area (Å²) in [6.45, 7) is 2.02. The van der Waals surface area contributed by atoms with Crippen LogP contribution in [0.4, 0.5) is 0 Å². The van der Waals surface area contributed by atoms with Gasteiger partial charge in [0.2, 0.25) is 0 Å². The highest BCUT2D eigenvalue weighted by Gasteiger charge is 2.15. The van der Waals surface area contributed by atoms with Crippen molar-refractivity contribution in [2.24, 2.45) is 5.92 Å². The van der Waals surface area contributed by atoms with Crippen LogP contribution < -0.4 is 0 Å². The molecule has 0 bridgehead atoms. The molecule has 1 unspecified atom stereocenters. The lowest BCUT2D eigenvalue weighted by Gasteiger charge is -2.11. The van der Waals surface area contributed by atoms with E-state index < -0.39 is 5.97 Å². The fourth-order valence-corrected chi connectivity index (χ4v) is 2.88. The van der Waals surface area contributed by atoms with E-state index in [2.05, 4.69) is 4.98 Å². The monoisotopic (exact) mass is 277 g/mol. The number of thioether (sulfide) groups is 1. The number of rotatable bonds is 5. The maximum Gasteiger partial charge on any atom is 0.338 e. The summed E-state index contributed by atoms with van der Waals surface area (Å²) in [4.78, 5) is 16.2. The number of benzene rings is 1. The second kappa shape index (κ2) is 6.04. The van der Waals surface area contributed by atoms with Crippen molar-refractivity contribution < 1.29 is 15.0 Å². The molecular weight excluding hydrogens is 262 g/mol. The van der Waals surface area contributed by atoms with Crippen molar-refractivity contribution >= 4 is 28.6 Å². The largest absolute Gasteiger partial charge is 0.478 e. The maximum absolute atomic E-state index is 11.3. The molecule has 1 aromatic carbocycles. The lowest BCUT2D eigenvalue weighted by Crippen LogP contribution is -2.06. The summed E-state index contributed by atoms with van der Waals surface area (Å²) in [5.41, 5.74) is 1.00. The van der Waals surface area contributed by atoms with Crippen LogP contribution >= 0.6 is 11.8 Å². The zero-order valence-electron chi connectivity index (χ0n) is 10.5. The number of aliphatic hydroxyl groups is 1. The van der Waals surface area contributed by atoms with Gasteiger partial charge in [-0.25, -0.2) is 4.79 Å². The molecule has 0 aliphatic rings. The number of carboxylic acids is 1. The molecular formula is C14H15NO3S. The van der Waals surface area contributed by atoms with Crippen molar-refractivity contribution in [2.45, 2.75) is 11.8 Å². The van der Waals surface area contributed by atoms with Crippen molar-refractivity contribution in [3.8, 4) is 0 Å². The fourth-order valence-electron chi connectivity index (χ4n) is 1.70. The fraction of sp³-hybridized carbons (Fsp3) is 0.286. The Morgan fingerprint density at radius 3 is 2.84 bits per heavy atom. The zero-order chi connectivity index (χ0) is 13.8. The molecule has 4 nitrogen and oxygen atoms in total. The maximum atomic E-state index is 11.3. The molecule has 0 spiro atoms. The van der Waals surface area contributed by atoms with Crippen LogP contribution in [0.1, 0.15) is 17.3 Å². The van der Waals surface area contributed by atoms with Crippen LogP contribution in [0.3, 0.4) is 0 Å². The average molecular weight is 277 g/mol. The number of fused-ring (bicyclic) bond motifs is 1. The normalized spacial score (nSPS) is 12.5. The topological polar surface area (TPSA) is 70.4 Å². The zero-order valence-corrected chi connectivity index (χ0v) is 11.4. The molecule has 2 rings (SSSR count). The van der Waals surface area contributed by atoms with Gasteiger partial charge in [-0.05, 0) is 12.0 Å². The lowest BCUT2D eigenvalue weighted by molar-refractivity contribution is 0.0693. The summed E-state index contributed by atoms with van der Waals surface area (Å²) in [5, 5.41) is 19.2. The first kappa shape index (κ1) is 13.8. The third-order valence-corrected chi connectivity index (χ3v) is 4.24. The van der Waals surface area contributed by atoms with E-state index >= 15 is 0 Å². The van der Waals surface area contributed by atoms with Gasteiger partial charge in [0.05, 0.1) is 11.1 Å². The van der Waals surface area contributed by atoms with E-state index in [1.54, 1.807) is 0 Å². The molecule has 0 aliphatic heterocycles. The summed E-state index contributed by atoms with van der Waals surface area (Å²) < 4.78 is 0. The minimum absolute atomic E-state index is 0.0957. The number of para-hydroxylation sites is 1. The van der Waals surface area contributed by atoms with Gasteiger partial charge in [0, 0.05) is 28.8 Å². The molecule has 0 saturated heterocycles. The van der Waals surface area contributed by atoms with Crippen LogP contribution in [0.5, 0.6) is 0 Å². The number of carbonyl (C=O) groups is 1. The summed E-state index contributed by atoms with van der Waals surface area (Å²) in [5.74, 6) is -0.180. The van der Waals surface area contributed by atoms with Crippen molar-refractivity contribution in [1.29, 1.82) is 0 Å². The second-order valence-corrected chi connectivity index (χ2v) is 5.45. The van der Waals surface area contributed by atoms with Gasteiger partial charge in [0.15, 0.2) is 0 Å². The van der Waals surface area contributed by atoms with Crippen LogP contribution in [0.2, 0.25) is 0 Å². The lowest BCUT2D eigenvalue weighted by atomic mass is 10.1. The molecule has 5 heteroatoms. The van der Waals surface area contributed by atoms with Gasteiger partial charge in [0.1, 0.15) is 0 Å². The van der Waals surface area contributed by atoms with Crippen molar-refractivity contribution in [3.63, 3.8) is 0 Å². The Hall–Kier alpha value is -1.59. The molecule has 2 N–H and O–H groups in total. The molecule has 0 radical (unpaired) electrons. The minimum atomic E-state index is -0.975. The second-order valence-electron chi connectivity index (χ2n) is 4.42. The van der Waals surface area contributed by atoms with Crippen molar-refractivity contribution in [1.82, 2.24) is 4.98 Å². The highest BCUT2D eigenvalue weighted by atomic mass is 32.2. The molecule has 19 heavy (non-hydrogen) atoms. The van der Waals surface area contributed by atoms with E-state index in [4.69, 9.17) is 5.11 Å². The number of hydrogen-bond donors (Lipinski definition) is 2. The molecule has 0 amide bonds. The van der Waals surface area contributed by atoms with E-state index in [1.165, 1.54) is 18.0 Å². The number of aliphatic hydroxyl groups excluding tert-OH is 1. The quantitative estimate of drug-likeness (QED) is 0.822. The first-order valence-electron chi connectivity index (χ1n) is 5.98. The third-order valence-electron chi connectivity index (χ3n) is 2.78. The Morgan fingerprint density at radius 2 is 2.16 bits per heavy atom. The van der Waals surface area contributed by atoms with Gasteiger partial charge < -0.3 is 10.2 Å². The van der Waals surface area contributed by atoms with Gasteiger partial charge in [-0.3, -0.25) is 4.98 Å². The molecule has 1 aromatic heterocycles. The minimum Gasteiger partial charge on any atom is -0.478 e. The number of aromatic nitrogens is 1. The van der Waals surface area contributed by atoms with Crippen LogP contribution in [-0.4, -0.2) is 33.5 Å². The van der Waals surface area contributed by atoms with Gasteiger partial charge >= 0.3 is 5.97 Å². The third kappa shape index (κ3) is 3.05. The van der Waals surface area contributed by atoms with Crippen molar-refractivity contribution in [2.75, 3.05) is 12.4 Å². The van der Waals surface area contributed by atoms with E-state index in [-0.39, 0.29) is 18.1 Å². The Bertz CT molecular complexity index is 600. The highest BCUT2D eigenvalue weighted by Crippen LogP contribution is 2.31. The van der Waals surface area contributed by atoms with Gasteiger partial charge in [-0.15, -0.1) is 11.8 Å².